The molecule has 0 aliphatic heterocycles. The molecule has 7 nitrogen and oxygen atoms in total. The topological polar surface area (TPSA) is 115 Å². The Labute approximate surface area is 205 Å². The third kappa shape index (κ3) is 5.95. The molecule has 3 aromatic rings. The number of carbonyl (C=O) groups excluding carboxylic acids is 1. The van der Waals surface area contributed by atoms with Crippen molar-refractivity contribution in [2.45, 2.75) is 66.7 Å². The molecule has 0 saturated heterocycles. The minimum Gasteiger partial charge on any atom is -0.382 e. The highest BCUT2D eigenvalue weighted by atomic mass is 32.2. The summed E-state index contributed by atoms with van der Waals surface area (Å²) in [6.07, 6.45) is 2.68. The maximum absolute atomic E-state index is 13.1. The van der Waals surface area contributed by atoms with Gasteiger partial charge in [-0.25, -0.2) is 18.4 Å². The first-order valence-electron chi connectivity index (χ1n) is 11.2. The molecule has 0 aliphatic carbocycles. The fourth-order valence-electron chi connectivity index (χ4n) is 3.29. The van der Waals surface area contributed by atoms with Crippen LogP contribution in [0.15, 0.2) is 69.7 Å². The third-order valence-corrected chi connectivity index (χ3v) is 8.47. The highest BCUT2D eigenvalue weighted by molar-refractivity contribution is 8.00. The van der Waals surface area contributed by atoms with Gasteiger partial charge in [0.15, 0.2) is 5.16 Å². The fraction of sp³-hybridized carbons (Fsp3) is 0.320. The molecular formula is C25H30N4O3S2. The molecule has 3 N–H and O–H groups in total. The van der Waals surface area contributed by atoms with Crippen molar-refractivity contribution >= 4 is 39.0 Å². The van der Waals surface area contributed by atoms with E-state index in [9.17, 15) is 13.2 Å². The lowest BCUT2D eigenvalue weighted by Gasteiger charge is -2.15. The molecule has 0 spiro atoms. The molecule has 3 rings (SSSR count). The minimum atomic E-state index is -3.86. The number of rotatable bonds is 9. The van der Waals surface area contributed by atoms with Crippen molar-refractivity contribution in [1.29, 1.82) is 0 Å². The first-order valence-corrected chi connectivity index (χ1v) is 13.6. The molecule has 34 heavy (non-hydrogen) atoms. The SMILES string of the molecule is CCc1ccc(NC(=O)[C@H](CC)Sc2ncc(S(=O)(=O)c3ccc(C(C)C)cc3)c(N)n2)cc1. The number of anilines is 2. The van der Waals surface area contributed by atoms with Crippen molar-refractivity contribution in [3.8, 4) is 0 Å². The minimum absolute atomic E-state index is 0.132. The van der Waals surface area contributed by atoms with Crippen LogP contribution in [-0.2, 0) is 21.1 Å². The summed E-state index contributed by atoms with van der Waals surface area (Å²) in [6.45, 7) is 8.04. The standard InChI is InChI=1S/C25H30N4O3S2/c1-5-17-7-11-19(12-8-17)28-24(30)21(6-2)33-25-27-15-22(23(26)29-25)34(31,32)20-13-9-18(10-14-20)16(3)4/h7-16,21H,5-6H2,1-4H3,(H,28,30)(H2,26,27,29)/t21-/m0/s1. The van der Waals surface area contributed by atoms with Gasteiger partial charge in [-0.1, -0.05) is 63.7 Å². The lowest BCUT2D eigenvalue weighted by molar-refractivity contribution is -0.115. The summed E-state index contributed by atoms with van der Waals surface area (Å²) < 4.78 is 26.1. The zero-order valence-corrected chi connectivity index (χ0v) is 21.4. The molecule has 0 fully saturated rings. The average Bonchev–Trinajstić information content (AvgIpc) is 2.82. The number of aryl methyl sites for hydroxylation is 1. The number of benzene rings is 2. The Kier molecular flexibility index (Phi) is 8.33. The zero-order chi connectivity index (χ0) is 24.9. The average molecular weight is 499 g/mol. The van der Waals surface area contributed by atoms with Crippen LogP contribution in [0, 0.1) is 0 Å². The van der Waals surface area contributed by atoms with Crippen molar-refractivity contribution in [3.63, 3.8) is 0 Å². The molecule has 2 aromatic carbocycles. The molecule has 1 atom stereocenters. The van der Waals surface area contributed by atoms with E-state index in [-0.39, 0.29) is 26.7 Å². The second-order valence-corrected chi connectivity index (χ2v) is 11.3. The predicted molar refractivity (Wildman–Crippen MR) is 137 cm³/mol. The molecule has 0 unspecified atom stereocenters. The number of nitrogen functional groups attached to an aromatic ring is 1. The lowest BCUT2D eigenvalue weighted by Crippen LogP contribution is -2.25. The van der Waals surface area contributed by atoms with Crippen LogP contribution in [0.5, 0.6) is 0 Å². The number of aromatic nitrogens is 2. The van der Waals surface area contributed by atoms with E-state index < -0.39 is 15.1 Å². The monoisotopic (exact) mass is 498 g/mol. The highest BCUT2D eigenvalue weighted by Crippen LogP contribution is 2.29. The lowest BCUT2D eigenvalue weighted by atomic mass is 10.0. The second kappa shape index (κ2) is 11.0. The molecule has 0 radical (unpaired) electrons. The first kappa shape index (κ1) is 25.7. The van der Waals surface area contributed by atoms with Crippen LogP contribution < -0.4 is 11.1 Å². The van der Waals surface area contributed by atoms with Crippen molar-refractivity contribution in [2.24, 2.45) is 0 Å². The Morgan fingerprint density at radius 2 is 1.71 bits per heavy atom. The van der Waals surface area contributed by atoms with E-state index in [0.717, 1.165) is 23.7 Å². The number of carbonyl (C=O) groups is 1. The molecule has 1 amide bonds. The van der Waals surface area contributed by atoms with Gasteiger partial charge in [-0.05, 0) is 54.2 Å². The maximum atomic E-state index is 13.1. The van der Waals surface area contributed by atoms with Crippen molar-refractivity contribution in [3.05, 3.63) is 65.9 Å². The molecule has 1 aromatic heterocycles. The van der Waals surface area contributed by atoms with E-state index >= 15 is 0 Å². The van der Waals surface area contributed by atoms with Crippen LogP contribution in [0.3, 0.4) is 0 Å². The number of thioether (sulfide) groups is 1. The van der Waals surface area contributed by atoms with Gasteiger partial charge in [0.2, 0.25) is 15.7 Å². The molecule has 0 saturated carbocycles. The van der Waals surface area contributed by atoms with Gasteiger partial charge in [-0.15, -0.1) is 0 Å². The third-order valence-electron chi connectivity index (χ3n) is 5.45. The Bertz CT molecular complexity index is 1240. The number of nitrogens with one attached hydrogen (secondary N) is 1. The number of hydrogen-bond donors (Lipinski definition) is 2. The summed E-state index contributed by atoms with van der Waals surface area (Å²) in [4.78, 5) is 21.1. The Balaban J connectivity index is 1.75. The Morgan fingerprint density at radius 1 is 1.06 bits per heavy atom. The van der Waals surface area contributed by atoms with Crippen LogP contribution in [0.4, 0.5) is 11.5 Å². The smallest absolute Gasteiger partial charge is 0.237 e. The predicted octanol–water partition coefficient (Wildman–Crippen LogP) is 5.09. The van der Waals surface area contributed by atoms with Crippen molar-refractivity contribution in [1.82, 2.24) is 9.97 Å². The first-order chi connectivity index (χ1) is 16.1. The second-order valence-electron chi connectivity index (χ2n) is 8.18. The van der Waals surface area contributed by atoms with Crippen molar-refractivity contribution < 1.29 is 13.2 Å². The van der Waals surface area contributed by atoms with E-state index in [1.54, 1.807) is 24.3 Å². The van der Waals surface area contributed by atoms with Crippen LogP contribution in [0.25, 0.3) is 0 Å². The normalized spacial score (nSPS) is 12.5. The van der Waals surface area contributed by atoms with Crippen molar-refractivity contribution in [2.75, 3.05) is 11.1 Å². The van der Waals surface area contributed by atoms with Gasteiger partial charge in [0.05, 0.1) is 16.3 Å². The van der Waals surface area contributed by atoms with E-state index in [4.69, 9.17) is 5.73 Å². The number of nitrogens with zero attached hydrogens (tertiary/aromatic N) is 2. The molecule has 0 aliphatic rings. The Morgan fingerprint density at radius 3 is 2.24 bits per heavy atom. The summed E-state index contributed by atoms with van der Waals surface area (Å²) in [6, 6.07) is 14.4. The van der Waals surface area contributed by atoms with Gasteiger partial charge in [-0.3, -0.25) is 4.79 Å². The Hall–Kier alpha value is -2.91. The van der Waals surface area contributed by atoms with Gasteiger partial charge in [-0.2, -0.15) is 0 Å². The summed E-state index contributed by atoms with van der Waals surface area (Å²) in [7, 11) is -3.86. The molecule has 9 heteroatoms. The van der Waals surface area contributed by atoms with Crippen LogP contribution >= 0.6 is 11.8 Å². The molecule has 180 valence electrons. The van der Waals surface area contributed by atoms with Gasteiger partial charge in [0, 0.05) is 5.69 Å². The zero-order valence-electron chi connectivity index (χ0n) is 19.8. The maximum Gasteiger partial charge on any atom is 0.237 e. The number of nitrogens with two attached hydrogens (primary N) is 1. The van der Waals surface area contributed by atoms with Gasteiger partial charge < -0.3 is 11.1 Å². The summed E-state index contributed by atoms with van der Waals surface area (Å²) in [5, 5.41) is 2.69. The van der Waals surface area contributed by atoms with Crippen LogP contribution in [0.2, 0.25) is 0 Å². The van der Waals surface area contributed by atoms with Gasteiger partial charge >= 0.3 is 0 Å². The van der Waals surface area contributed by atoms with Gasteiger partial charge in [0.25, 0.3) is 0 Å². The van der Waals surface area contributed by atoms with E-state index in [1.807, 2.05) is 45.0 Å². The summed E-state index contributed by atoms with van der Waals surface area (Å²) >= 11 is 1.15. The van der Waals surface area contributed by atoms with E-state index in [0.29, 0.717) is 18.0 Å². The van der Waals surface area contributed by atoms with Gasteiger partial charge in [0.1, 0.15) is 10.7 Å². The highest BCUT2D eigenvalue weighted by Gasteiger charge is 2.25. The number of amides is 1. The molecular weight excluding hydrogens is 468 g/mol. The largest absolute Gasteiger partial charge is 0.382 e. The van der Waals surface area contributed by atoms with Crippen LogP contribution in [-0.4, -0.2) is 29.5 Å². The van der Waals surface area contributed by atoms with E-state index in [2.05, 4.69) is 22.2 Å². The number of hydrogen-bond acceptors (Lipinski definition) is 7. The molecule has 1 heterocycles. The van der Waals surface area contributed by atoms with E-state index in [1.165, 1.54) is 11.8 Å². The number of sulfone groups is 1. The summed E-state index contributed by atoms with van der Waals surface area (Å²) in [5.74, 6) is -0.0300. The fourth-order valence-corrected chi connectivity index (χ4v) is 5.40. The quantitative estimate of drug-likeness (QED) is 0.312. The molecule has 0 bridgehead atoms. The van der Waals surface area contributed by atoms with Crippen LogP contribution in [0.1, 0.15) is 51.2 Å². The summed E-state index contributed by atoms with van der Waals surface area (Å²) in [5.41, 5.74) is 8.97.